The third-order valence-electron chi connectivity index (χ3n) is 2.72. The first-order valence-electron chi connectivity index (χ1n) is 5.90. The van der Waals surface area contributed by atoms with E-state index in [9.17, 15) is 14.4 Å². The molecule has 0 saturated heterocycles. The molecule has 1 rings (SSSR count). The van der Waals surface area contributed by atoms with Crippen molar-refractivity contribution in [2.24, 2.45) is 5.73 Å². The topological polar surface area (TPSA) is 109 Å². The molecule has 1 atom stereocenters. The summed E-state index contributed by atoms with van der Waals surface area (Å²) in [6.45, 7) is 1.86. The molecule has 0 aromatic heterocycles. The quantitative estimate of drug-likeness (QED) is 0.631. The highest BCUT2D eigenvalue weighted by atomic mass is 127. The average molecular weight is 390 g/mol. The number of carbonyl (C=O) groups excluding carboxylic acids is 2. The van der Waals surface area contributed by atoms with E-state index in [0.717, 1.165) is 9.13 Å². The Morgan fingerprint density at radius 2 is 2.05 bits per heavy atom. The summed E-state index contributed by atoms with van der Waals surface area (Å²) in [4.78, 5) is 33.8. The molecule has 1 aromatic carbocycles. The summed E-state index contributed by atoms with van der Waals surface area (Å²) in [6, 6.07) is 4.08. The van der Waals surface area contributed by atoms with Gasteiger partial charge in [0.05, 0.1) is 5.56 Å². The molecule has 7 heteroatoms. The lowest BCUT2D eigenvalue weighted by Crippen LogP contribution is -2.41. The molecular weight excluding hydrogens is 375 g/mol. The monoisotopic (exact) mass is 390 g/mol. The van der Waals surface area contributed by atoms with Crippen LogP contribution >= 0.6 is 22.6 Å². The molecule has 0 aliphatic carbocycles. The van der Waals surface area contributed by atoms with E-state index in [4.69, 9.17) is 10.8 Å². The Balaban J connectivity index is 2.83. The Bertz CT molecular complexity index is 545. The first-order chi connectivity index (χ1) is 9.32. The minimum Gasteiger partial charge on any atom is -0.480 e. The molecule has 0 aliphatic heterocycles. The molecule has 4 N–H and O–H groups in total. The lowest BCUT2D eigenvalue weighted by molar-refractivity contribution is -0.139. The predicted molar refractivity (Wildman–Crippen MR) is 81.2 cm³/mol. The first kappa shape index (κ1) is 16.4. The van der Waals surface area contributed by atoms with Crippen molar-refractivity contribution >= 4 is 40.4 Å². The Morgan fingerprint density at radius 1 is 1.40 bits per heavy atom. The van der Waals surface area contributed by atoms with Gasteiger partial charge in [0.15, 0.2) is 0 Å². The lowest BCUT2D eigenvalue weighted by atomic mass is 10.1. The molecule has 0 aliphatic rings. The van der Waals surface area contributed by atoms with E-state index >= 15 is 0 Å². The molecule has 20 heavy (non-hydrogen) atoms. The zero-order valence-corrected chi connectivity index (χ0v) is 13.0. The van der Waals surface area contributed by atoms with Crippen molar-refractivity contribution in [2.75, 3.05) is 0 Å². The van der Waals surface area contributed by atoms with Crippen LogP contribution in [0.5, 0.6) is 0 Å². The summed E-state index contributed by atoms with van der Waals surface area (Å²) < 4.78 is 0.765. The second-order valence-corrected chi connectivity index (χ2v) is 5.38. The third kappa shape index (κ3) is 4.48. The molecule has 0 fully saturated rings. The average Bonchev–Trinajstić information content (AvgIpc) is 2.36. The maximum absolute atomic E-state index is 12.1. The van der Waals surface area contributed by atoms with Gasteiger partial charge in [-0.15, -0.1) is 0 Å². The summed E-state index contributed by atoms with van der Waals surface area (Å²) in [5, 5.41) is 11.4. The first-order valence-corrected chi connectivity index (χ1v) is 6.98. The van der Waals surface area contributed by atoms with Crippen LogP contribution in [0.1, 0.15) is 28.8 Å². The number of nitrogens with two attached hydrogens (primary N) is 1. The van der Waals surface area contributed by atoms with Gasteiger partial charge in [0.2, 0.25) is 5.91 Å². The second-order valence-electron chi connectivity index (χ2n) is 4.31. The highest BCUT2D eigenvalue weighted by Crippen LogP contribution is 2.16. The van der Waals surface area contributed by atoms with Gasteiger partial charge in [-0.2, -0.15) is 0 Å². The molecule has 0 unspecified atom stereocenters. The van der Waals surface area contributed by atoms with E-state index in [-0.39, 0.29) is 12.8 Å². The van der Waals surface area contributed by atoms with Gasteiger partial charge in [0, 0.05) is 9.99 Å². The van der Waals surface area contributed by atoms with E-state index in [1.54, 1.807) is 12.1 Å². The summed E-state index contributed by atoms with van der Waals surface area (Å²) in [5.41, 5.74) is 6.33. The van der Waals surface area contributed by atoms with Gasteiger partial charge in [-0.1, -0.05) is 12.1 Å². The van der Waals surface area contributed by atoms with Crippen LogP contribution in [0.3, 0.4) is 0 Å². The normalized spacial score (nSPS) is 11.7. The number of amides is 2. The Labute approximate surface area is 129 Å². The number of hydrogen-bond donors (Lipinski definition) is 3. The molecule has 0 saturated carbocycles. The van der Waals surface area contributed by atoms with Crippen LogP contribution < -0.4 is 11.1 Å². The number of carboxylic acids is 1. The number of nitrogens with one attached hydrogen (secondary N) is 1. The minimum absolute atomic E-state index is 0.0290. The molecule has 1 aromatic rings. The van der Waals surface area contributed by atoms with Gasteiger partial charge in [0.25, 0.3) is 5.91 Å². The van der Waals surface area contributed by atoms with E-state index in [1.807, 2.05) is 35.6 Å². The number of primary amides is 1. The number of hydrogen-bond acceptors (Lipinski definition) is 3. The summed E-state index contributed by atoms with van der Waals surface area (Å²) >= 11 is 2.03. The van der Waals surface area contributed by atoms with E-state index in [2.05, 4.69) is 5.32 Å². The highest BCUT2D eigenvalue weighted by Gasteiger charge is 2.22. The number of rotatable bonds is 6. The van der Waals surface area contributed by atoms with Gasteiger partial charge >= 0.3 is 5.97 Å². The Morgan fingerprint density at radius 3 is 2.60 bits per heavy atom. The van der Waals surface area contributed by atoms with Crippen molar-refractivity contribution in [3.8, 4) is 0 Å². The fourth-order valence-corrected chi connectivity index (χ4v) is 2.21. The van der Waals surface area contributed by atoms with Gasteiger partial charge in [-0.25, -0.2) is 4.79 Å². The number of carbonyl (C=O) groups is 3. The predicted octanol–water partition coefficient (Wildman–Crippen LogP) is 1.05. The largest absolute Gasteiger partial charge is 0.480 e. The van der Waals surface area contributed by atoms with Crippen molar-refractivity contribution in [1.29, 1.82) is 0 Å². The summed E-state index contributed by atoms with van der Waals surface area (Å²) in [7, 11) is 0. The fourth-order valence-electron chi connectivity index (χ4n) is 1.60. The number of benzene rings is 1. The molecule has 0 radical (unpaired) electrons. The van der Waals surface area contributed by atoms with Crippen molar-refractivity contribution in [1.82, 2.24) is 5.32 Å². The van der Waals surface area contributed by atoms with Crippen molar-refractivity contribution in [3.05, 3.63) is 32.9 Å². The summed E-state index contributed by atoms with van der Waals surface area (Å²) in [5.74, 6) is -2.27. The van der Waals surface area contributed by atoms with Crippen LogP contribution in [0.25, 0.3) is 0 Å². The van der Waals surface area contributed by atoms with E-state index < -0.39 is 23.8 Å². The number of aryl methyl sites for hydroxylation is 1. The maximum Gasteiger partial charge on any atom is 0.326 e. The number of halogens is 1. The van der Waals surface area contributed by atoms with Crippen molar-refractivity contribution in [3.63, 3.8) is 0 Å². The Kier molecular flexibility index (Phi) is 5.93. The van der Waals surface area contributed by atoms with Gasteiger partial charge < -0.3 is 16.2 Å². The molecule has 6 nitrogen and oxygen atoms in total. The Hall–Kier alpha value is -1.64. The number of carboxylic acid groups (broad SMARTS) is 1. The van der Waals surface area contributed by atoms with Crippen LogP contribution in [0.2, 0.25) is 0 Å². The number of aliphatic carboxylic acids is 1. The van der Waals surface area contributed by atoms with Crippen LogP contribution in [-0.4, -0.2) is 28.9 Å². The van der Waals surface area contributed by atoms with Crippen LogP contribution in [0, 0.1) is 10.5 Å². The van der Waals surface area contributed by atoms with E-state index in [1.165, 1.54) is 0 Å². The molecule has 0 spiro atoms. The second kappa shape index (κ2) is 7.22. The van der Waals surface area contributed by atoms with Crippen LogP contribution in [-0.2, 0) is 9.59 Å². The van der Waals surface area contributed by atoms with Crippen LogP contribution in [0.4, 0.5) is 0 Å². The SMILES string of the molecule is Cc1cccc(C(=O)N[C@H](CCC(N)=O)C(=O)O)c1I. The van der Waals surface area contributed by atoms with Crippen LogP contribution in [0.15, 0.2) is 18.2 Å². The zero-order chi connectivity index (χ0) is 15.3. The van der Waals surface area contributed by atoms with Crippen molar-refractivity contribution < 1.29 is 19.5 Å². The standard InChI is InChI=1S/C13H15IN2O4/c1-7-3-2-4-8(11(7)14)12(18)16-9(13(19)20)5-6-10(15)17/h2-4,9H,5-6H2,1H3,(H2,15,17)(H,16,18)(H,19,20)/t9-/m1/s1. The van der Waals surface area contributed by atoms with Gasteiger partial charge in [0.1, 0.15) is 6.04 Å². The van der Waals surface area contributed by atoms with E-state index in [0.29, 0.717) is 5.56 Å². The maximum atomic E-state index is 12.1. The lowest BCUT2D eigenvalue weighted by Gasteiger charge is -2.15. The smallest absolute Gasteiger partial charge is 0.326 e. The molecule has 2 amide bonds. The third-order valence-corrected chi connectivity index (χ3v) is 4.15. The zero-order valence-electron chi connectivity index (χ0n) is 10.9. The highest BCUT2D eigenvalue weighted by molar-refractivity contribution is 14.1. The van der Waals surface area contributed by atoms with Gasteiger partial charge in [-0.3, -0.25) is 9.59 Å². The van der Waals surface area contributed by atoms with Crippen molar-refractivity contribution in [2.45, 2.75) is 25.8 Å². The molecule has 0 bridgehead atoms. The van der Waals surface area contributed by atoms with Gasteiger partial charge in [-0.05, 0) is 47.6 Å². The minimum atomic E-state index is -1.19. The summed E-state index contributed by atoms with van der Waals surface area (Å²) in [6.07, 6.45) is -0.124. The molecular formula is C13H15IN2O4. The fraction of sp³-hybridized carbons (Fsp3) is 0.308. The molecule has 0 heterocycles. The molecule has 108 valence electrons.